The number of hydrogen-bond donors (Lipinski definition) is 0. The van der Waals surface area contributed by atoms with E-state index in [0.717, 1.165) is 5.82 Å². The fourth-order valence-corrected chi connectivity index (χ4v) is 2.64. The molecule has 0 aliphatic carbocycles. The van der Waals surface area contributed by atoms with Crippen molar-refractivity contribution in [3.05, 3.63) is 60.4 Å². The molecule has 0 spiro atoms. The van der Waals surface area contributed by atoms with Gasteiger partial charge < -0.3 is 9.47 Å². The molecule has 8 heteroatoms. The quantitative estimate of drug-likeness (QED) is 0.572. The van der Waals surface area contributed by atoms with Gasteiger partial charge in [-0.25, -0.2) is 9.37 Å². The van der Waals surface area contributed by atoms with Gasteiger partial charge in [0.05, 0.1) is 12.1 Å². The van der Waals surface area contributed by atoms with Gasteiger partial charge in [0.25, 0.3) is 0 Å². The maximum Gasteiger partial charge on any atom is 0.188 e. The molecule has 0 unspecified atom stereocenters. The zero-order chi connectivity index (χ0) is 17.4. The smallest absolute Gasteiger partial charge is 0.188 e. The minimum absolute atomic E-state index is 0.356. The number of rotatable bonds is 4. The molecule has 4 aromatic rings. The van der Waals surface area contributed by atoms with Crippen molar-refractivity contribution in [2.75, 3.05) is 11.9 Å². The average Bonchev–Trinajstić information content (AvgIpc) is 3.21. The number of aromatic nitrogens is 6. The van der Waals surface area contributed by atoms with Crippen molar-refractivity contribution in [2.45, 2.75) is 6.54 Å². The lowest BCUT2D eigenvalue weighted by molar-refractivity contribution is 0.629. The van der Waals surface area contributed by atoms with E-state index in [4.69, 9.17) is 0 Å². The zero-order valence-electron chi connectivity index (χ0n) is 13.8. The first-order chi connectivity index (χ1) is 12.1. The van der Waals surface area contributed by atoms with Gasteiger partial charge in [-0.15, -0.1) is 15.3 Å². The molecule has 126 valence electrons. The van der Waals surface area contributed by atoms with Gasteiger partial charge in [-0.05, 0) is 24.3 Å². The molecule has 0 saturated carbocycles. The summed E-state index contributed by atoms with van der Waals surface area (Å²) in [5.74, 6) is 1.65. The van der Waals surface area contributed by atoms with E-state index in [1.54, 1.807) is 28.9 Å². The van der Waals surface area contributed by atoms with Crippen molar-refractivity contribution in [3.63, 3.8) is 0 Å². The van der Waals surface area contributed by atoms with Crippen LogP contribution in [0.5, 0.6) is 0 Å². The number of imidazole rings is 1. The SMILES string of the molecule is CN(Cc1nccn1C)c1ccc2nnc(-c3ccccc3F)n2n1. The highest BCUT2D eigenvalue weighted by molar-refractivity contribution is 5.60. The first kappa shape index (κ1) is 15.3. The van der Waals surface area contributed by atoms with E-state index in [1.165, 1.54) is 6.07 Å². The minimum atomic E-state index is -0.356. The summed E-state index contributed by atoms with van der Waals surface area (Å²) in [4.78, 5) is 6.29. The van der Waals surface area contributed by atoms with E-state index in [2.05, 4.69) is 20.3 Å². The second-order valence-corrected chi connectivity index (χ2v) is 5.78. The van der Waals surface area contributed by atoms with Crippen molar-refractivity contribution in [2.24, 2.45) is 7.05 Å². The predicted molar refractivity (Wildman–Crippen MR) is 91.5 cm³/mol. The predicted octanol–water partition coefficient (Wildman–Crippen LogP) is 2.30. The molecule has 0 fully saturated rings. The molecule has 3 aromatic heterocycles. The highest BCUT2D eigenvalue weighted by atomic mass is 19.1. The largest absolute Gasteiger partial charge is 0.351 e. The second-order valence-electron chi connectivity index (χ2n) is 5.78. The Morgan fingerprint density at radius 1 is 1.12 bits per heavy atom. The summed E-state index contributed by atoms with van der Waals surface area (Å²) < 4.78 is 17.6. The lowest BCUT2D eigenvalue weighted by Gasteiger charge is -2.17. The van der Waals surface area contributed by atoms with E-state index < -0.39 is 0 Å². The molecular formula is C17H16FN7. The first-order valence-corrected chi connectivity index (χ1v) is 7.78. The summed E-state index contributed by atoms with van der Waals surface area (Å²) in [7, 11) is 3.87. The highest BCUT2D eigenvalue weighted by Gasteiger charge is 2.15. The molecule has 25 heavy (non-hydrogen) atoms. The van der Waals surface area contributed by atoms with Crippen LogP contribution in [0.25, 0.3) is 17.0 Å². The molecule has 4 rings (SSSR count). The molecule has 0 radical (unpaired) electrons. The van der Waals surface area contributed by atoms with Gasteiger partial charge >= 0.3 is 0 Å². The van der Waals surface area contributed by atoms with Gasteiger partial charge in [0.15, 0.2) is 11.5 Å². The number of anilines is 1. The third kappa shape index (κ3) is 2.71. The lowest BCUT2D eigenvalue weighted by atomic mass is 10.2. The average molecular weight is 337 g/mol. The number of nitrogens with zero attached hydrogens (tertiary/aromatic N) is 7. The van der Waals surface area contributed by atoms with Crippen LogP contribution in [0.1, 0.15) is 5.82 Å². The van der Waals surface area contributed by atoms with Crippen LogP contribution in [-0.4, -0.2) is 36.4 Å². The second kappa shape index (κ2) is 5.97. The minimum Gasteiger partial charge on any atom is -0.351 e. The normalized spacial score (nSPS) is 11.2. The number of aryl methyl sites for hydroxylation is 1. The number of fused-ring (bicyclic) bond motifs is 1. The summed E-state index contributed by atoms with van der Waals surface area (Å²) in [5.41, 5.74) is 0.929. The molecule has 0 amide bonds. The van der Waals surface area contributed by atoms with Crippen LogP contribution in [0.2, 0.25) is 0 Å². The Balaban J connectivity index is 1.73. The van der Waals surface area contributed by atoms with E-state index >= 15 is 0 Å². The van der Waals surface area contributed by atoms with Crippen molar-refractivity contribution in [3.8, 4) is 11.4 Å². The van der Waals surface area contributed by atoms with Crippen molar-refractivity contribution in [1.29, 1.82) is 0 Å². The van der Waals surface area contributed by atoms with Crippen LogP contribution in [0.15, 0.2) is 48.8 Å². The summed E-state index contributed by atoms with van der Waals surface area (Å²) >= 11 is 0. The number of halogens is 1. The van der Waals surface area contributed by atoms with Gasteiger partial charge in [0, 0.05) is 26.5 Å². The molecule has 0 atom stereocenters. The lowest BCUT2D eigenvalue weighted by Crippen LogP contribution is -2.21. The summed E-state index contributed by atoms with van der Waals surface area (Å²) in [5, 5.41) is 12.7. The molecule has 0 N–H and O–H groups in total. The van der Waals surface area contributed by atoms with Gasteiger partial charge in [0.1, 0.15) is 17.5 Å². The highest BCUT2D eigenvalue weighted by Crippen LogP contribution is 2.22. The third-order valence-corrected chi connectivity index (χ3v) is 4.05. The molecular weight excluding hydrogens is 321 g/mol. The monoisotopic (exact) mass is 337 g/mol. The molecule has 0 bridgehead atoms. The van der Waals surface area contributed by atoms with Crippen molar-refractivity contribution < 1.29 is 4.39 Å². The summed E-state index contributed by atoms with van der Waals surface area (Å²) in [6, 6.07) is 10.1. The van der Waals surface area contributed by atoms with Crippen LogP contribution in [0, 0.1) is 5.82 Å². The Morgan fingerprint density at radius 2 is 1.96 bits per heavy atom. The Kier molecular flexibility index (Phi) is 3.64. The van der Waals surface area contributed by atoms with E-state index in [9.17, 15) is 4.39 Å². The van der Waals surface area contributed by atoms with Crippen LogP contribution in [-0.2, 0) is 13.6 Å². The topological polar surface area (TPSA) is 64.1 Å². The Hall–Kier alpha value is -3.29. The zero-order valence-corrected chi connectivity index (χ0v) is 13.8. The molecule has 3 heterocycles. The first-order valence-electron chi connectivity index (χ1n) is 7.78. The summed E-state index contributed by atoms with van der Waals surface area (Å²) in [6.45, 7) is 0.596. The Morgan fingerprint density at radius 3 is 2.72 bits per heavy atom. The van der Waals surface area contributed by atoms with Gasteiger partial charge in [-0.2, -0.15) is 4.52 Å². The van der Waals surface area contributed by atoms with Gasteiger partial charge in [-0.3, -0.25) is 0 Å². The number of hydrogen-bond acceptors (Lipinski definition) is 5. The standard InChI is InChI=1S/C17H16FN7/c1-23-10-9-19-16(23)11-24(2)15-8-7-14-20-21-17(25(14)22-15)12-5-3-4-6-13(12)18/h3-10H,11H2,1-2H3. The number of benzene rings is 1. The maximum absolute atomic E-state index is 14.1. The fourth-order valence-electron chi connectivity index (χ4n) is 2.64. The molecule has 0 saturated heterocycles. The molecule has 1 aromatic carbocycles. The van der Waals surface area contributed by atoms with E-state index in [0.29, 0.717) is 29.4 Å². The van der Waals surface area contributed by atoms with Crippen molar-refractivity contribution >= 4 is 11.5 Å². The fraction of sp³-hybridized carbons (Fsp3) is 0.176. The van der Waals surface area contributed by atoms with Crippen LogP contribution in [0.4, 0.5) is 10.2 Å². The van der Waals surface area contributed by atoms with Crippen molar-refractivity contribution in [1.82, 2.24) is 29.4 Å². The Labute approximate surface area is 143 Å². The van der Waals surface area contributed by atoms with Gasteiger partial charge in [0.2, 0.25) is 0 Å². The van der Waals surface area contributed by atoms with Crippen LogP contribution < -0.4 is 4.90 Å². The Bertz CT molecular complexity index is 1040. The van der Waals surface area contributed by atoms with Gasteiger partial charge in [-0.1, -0.05) is 12.1 Å². The molecule has 0 aliphatic rings. The maximum atomic E-state index is 14.1. The van der Waals surface area contributed by atoms with E-state index in [1.807, 2.05) is 41.9 Å². The van der Waals surface area contributed by atoms with E-state index in [-0.39, 0.29) is 5.82 Å². The summed E-state index contributed by atoms with van der Waals surface area (Å²) in [6.07, 6.45) is 3.66. The molecule has 7 nitrogen and oxygen atoms in total. The van der Waals surface area contributed by atoms with Crippen LogP contribution in [0.3, 0.4) is 0 Å². The van der Waals surface area contributed by atoms with Crippen LogP contribution >= 0.6 is 0 Å². The molecule has 0 aliphatic heterocycles. The third-order valence-electron chi connectivity index (χ3n) is 4.05.